The number of ketones is 2. The zero-order valence-corrected chi connectivity index (χ0v) is 20.7. The summed E-state index contributed by atoms with van der Waals surface area (Å²) >= 11 is 2.87. The van der Waals surface area contributed by atoms with E-state index >= 15 is 0 Å². The quantitative estimate of drug-likeness (QED) is 0.267. The number of Topliss-reactive ketones (excluding diaryl/α,β-unsaturated/α-hetero) is 2. The van der Waals surface area contributed by atoms with E-state index in [9.17, 15) is 9.59 Å². The van der Waals surface area contributed by atoms with E-state index in [1.54, 1.807) is 25.4 Å². The molecule has 170 valence electrons. The first-order chi connectivity index (χ1) is 15.8. The third kappa shape index (κ3) is 4.38. The average molecular weight is 481 g/mol. The second-order valence-corrected chi connectivity index (χ2v) is 9.58. The number of H-pyrrole nitrogens is 1. The van der Waals surface area contributed by atoms with E-state index in [0.717, 1.165) is 16.1 Å². The van der Waals surface area contributed by atoms with Crippen molar-refractivity contribution in [2.75, 3.05) is 12.9 Å². The van der Waals surface area contributed by atoms with Crippen LogP contribution in [0.4, 0.5) is 0 Å². The Balaban J connectivity index is 1.71. The minimum Gasteiger partial charge on any atom is -0.495 e. The van der Waals surface area contributed by atoms with Crippen molar-refractivity contribution < 1.29 is 14.3 Å². The predicted molar refractivity (Wildman–Crippen MR) is 131 cm³/mol. The molecule has 9 heteroatoms. The monoisotopic (exact) mass is 480 g/mol. The Hall–Kier alpha value is -3.17. The van der Waals surface area contributed by atoms with Crippen LogP contribution in [0.25, 0.3) is 16.4 Å². The first-order valence-electron chi connectivity index (χ1n) is 10.3. The molecule has 0 amide bonds. The van der Waals surface area contributed by atoms with Crippen molar-refractivity contribution in [1.29, 1.82) is 0 Å². The van der Waals surface area contributed by atoms with Gasteiger partial charge in [-0.3, -0.25) is 14.2 Å². The number of aromatic nitrogens is 4. The molecule has 3 heterocycles. The van der Waals surface area contributed by atoms with Crippen LogP contribution in [0.2, 0.25) is 0 Å². The van der Waals surface area contributed by atoms with Crippen LogP contribution in [0.5, 0.6) is 5.75 Å². The highest BCUT2D eigenvalue weighted by Crippen LogP contribution is 2.35. The lowest BCUT2D eigenvalue weighted by molar-refractivity contribution is 0.101. The van der Waals surface area contributed by atoms with E-state index in [-0.39, 0.29) is 17.3 Å². The van der Waals surface area contributed by atoms with E-state index in [1.807, 2.05) is 54.1 Å². The number of methoxy groups -OCH3 is 1. The van der Waals surface area contributed by atoms with Gasteiger partial charge in [0.2, 0.25) is 0 Å². The smallest absolute Gasteiger partial charge is 0.196 e. The van der Waals surface area contributed by atoms with Crippen LogP contribution in [0, 0.1) is 20.8 Å². The van der Waals surface area contributed by atoms with Gasteiger partial charge < -0.3 is 9.72 Å². The Bertz CT molecular complexity index is 1340. The maximum Gasteiger partial charge on any atom is 0.196 e. The SMILES string of the molecule is COc1ccc(C)cc1-n1c(SCC(=O)c2[nH]c(C)c(C(C)=O)c2C)nnc1-c1cccs1. The first-order valence-corrected chi connectivity index (χ1v) is 12.2. The highest BCUT2D eigenvalue weighted by Gasteiger charge is 2.23. The molecule has 0 aliphatic heterocycles. The van der Waals surface area contributed by atoms with Gasteiger partial charge in [0.15, 0.2) is 22.5 Å². The summed E-state index contributed by atoms with van der Waals surface area (Å²) in [4.78, 5) is 29.0. The highest BCUT2D eigenvalue weighted by atomic mass is 32.2. The highest BCUT2D eigenvalue weighted by molar-refractivity contribution is 7.99. The molecule has 0 bridgehead atoms. The Morgan fingerprint density at radius 3 is 2.61 bits per heavy atom. The molecule has 33 heavy (non-hydrogen) atoms. The summed E-state index contributed by atoms with van der Waals surface area (Å²) < 4.78 is 7.55. The fourth-order valence-electron chi connectivity index (χ4n) is 3.88. The topological polar surface area (TPSA) is 89.9 Å². The van der Waals surface area contributed by atoms with Gasteiger partial charge in [-0.1, -0.05) is 23.9 Å². The maximum absolute atomic E-state index is 13.0. The van der Waals surface area contributed by atoms with Gasteiger partial charge in [0.05, 0.1) is 29.1 Å². The lowest BCUT2D eigenvalue weighted by Gasteiger charge is -2.14. The molecule has 0 spiro atoms. The number of carbonyl (C=O) groups excluding carboxylic acids is 2. The number of hydrogen-bond donors (Lipinski definition) is 1. The normalized spacial score (nSPS) is 11.1. The second kappa shape index (κ2) is 9.36. The molecule has 1 N–H and O–H groups in total. The number of nitrogens with zero attached hydrogens (tertiary/aromatic N) is 3. The molecular formula is C24H24N4O3S2. The Labute approximate surface area is 200 Å². The zero-order valence-electron chi connectivity index (χ0n) is 19.1. The number of thioether (sulfide) groups is 1. The summed E-state index contributed by atoms with van der Waals surface area (Å²) in [6.45, 7) is 7.13. The molecule has 0 fully saturated rings. The summed E-state index contributed by atoms with van der Waals surface area (Å²) in [5.41, 5.74) is 4.32. The molecule has 0 saturated carbocycles. The first kappa shape index (κ1) is 23.0. The largest absolute Gasteiger partial charge is 0.495 e. The molecule has 0 atom stereocenters. The molecule has 4 aromatic rings. The van der Waals surface area contributed by atoms with Gasteiger partial charge in [0.1, 0.15) is 5.75 Å². The third-order valence-electron chi connectivity index (χ3n) is 5.35. The number of aromatic amines is 1. The van der Waals surface area contributed by atoms with Crippen LogP contribution in [0.1, 0.15) is 44.6 Å². The molecule has 1 aromatic carbocycles. The second-order valence-electron chi connectivity index (χ2n) is 7.69. The molecule has 4 rings (SSSR count). The van der Waals surface area contributed by atoms with Crippen molar-refractivity contribution in [2.45, 2.75) is 32.9 Å². The third-order valence-corrected chi connectivity index (χ3v) is 7.15. The van der Waals surface area contributed by atoms with E-state index in [4.69, 9.17) is 4.74 Å². The van der Waals surface area contributed by atoms with Crippen LogP contribution in [-0.4, -0.2) is 44.2 Å². The van der Waals surface area contributed by atoms with Gasteiger partial charge in [0.25, 0.3) is 0 Å². The lowest BCUT2D eigenvalue weighted by atomic mass is 10.1. The summed E-state index contributed by atoms with van der Waals surface area (Å²) in [6.07, 6.45) is 0. The van der Waals surface area contributed by atoms with Crippen LogP contribution in [-0.2, 0) is 0 Å². The molecule has 3 aromatic heterocycles. The van der Waals surface area contributed by atoms with Crippen molar-refractivity contribution in [2.24, 2.45) is 0 Å². The number of rotatable bonds is 8. The van der Waals surface area contributed by atoms with Crippen LogP contribution in [0.3, 0.4) is 0 Å². The van der Waals surface area contributed by atoms with Gasteiger partial charge in [-0.05, 0) is 62.4 Å². The summed E-state index contributed by atoms with van der Waals surface area (Å²) in [5, 5.41) is 11.4. The van der Waals surface area contributed by atoms with E-state index in [1.165, 1.54) is 18.7 Å². The van der Waals surface area contributed by atoms with E-state index in [0.29, 0.717) is 39.2 Å². The fraction of sp³-hybridized carbons (Fsp3) is 0.250. The molecular weight excluding hydrogens is 456 g/mol. The van der Waals surface area contributed by atoms with Crippen LogP contribution >= 0.6 is 23.1 Å². The number of carbonyl (C=O) groups is 2. The van der Waals surface area contributed by atoms with Gasteiger partial charge in [0, 0.05) is 11.3 Å². The Morgan fingerprint density at radius 1 is 1.18 bits per heavy atom. The molecule has 0 saturated heterocycles. The standard InChI is InChI=1S/C24H24N4O3S2/c1-13-8-9-19(31-5)17(11-13)28-23(20-7-6-10-32-20)26-27-24(28)33-12-18(30)22-14(2)21(16(4)29)15(3)25-22/h6-11,25H,12H2,1-5H3. The van der Waals surface area contributed by atoms with Crippen molar-refractivity contribution in [3.05, 3.63) is 63.8 Å². The average Bonchev–Trinajstić information content (AvgIpc) is 3.50. The molecule has 0 unspecified atom stereocenters. The zero-order chi connectivity index (χ0) is 23.7. The van der Waals surface area contributed by atoms with Crippen LogP contribution in [0.15, 0.2) is 40.9 Å². The van der Waals surface area contributed by atoms with Crippen molar-refractivity contribution in [3.63, 3.8) is 0 Å². The number of ether oxygens (including phenoxy) is 1. The molecule has 0 aliphatic carbocycles. The minimum absolute atomic E-state index is 0.0557. The van der Waals surface area contributed by atoms with Gasteiger partial charge in [-0.2, -0.15) is 0 Å². The number of thiophene rings is 1. The minimum atomic E-state index is -0.100. The van der Waals surface area contributed by atoms with Crippen molar-refractivity contribution in [1.82, 2.24) is 19.7 Å². The maximum atomic E-state index is 13.0. The Kier molecular flexibility index (Phi) is 6.53. The summed E-state index contributed by atoms with van der Waals surface area (Å²) in [6, 6.07) is 9.86. The van der Waals surface area contributed by atoms with Gasteiger partial charge in [-0.25, -0.2) is 0 Å². The lowest BCUT2D eigenvalue weighted by Crippen LogP contribution is -2.08. The van der Waals surface area contributed by atoms with E-state index in [2.05, 4.69) is 15.2 Å². The fourth-order valence-corrected chi connectivity index (χ4v) is 5.40. The number of nitrogens with one attached hydrogen (secondary N) is 1. The number of hydrogen-bond acceptors (Lipinski definition) is 7. The molecule has 0 aliphatic rings. The van der Waals surface area contributed by atoms with Crippen LogP contribution < -0.4 is 4.74 Å². The summed E-state index contributed by atoms with van der Waals surface area (Å²) in [5.74, 6) is 1.37. The number of benzene rings is 1. The molecule has 7 nitrogen and oxygen atoms in total. The van der Waals surface area contributed by atoms with Gasteiger partial charge >= 0.3 is 0 Å². The Morgan fingerprint density at radius 2 is 1.97 bits per heavy atom. The van der Waals surface area contributed by atoms with Gasteiger partial charge in [-0.15, -0.1) is 21.5 Å². The molecule has 0 radical (unpaired) electrons. The predicted octanol–water partition coefficient (Wildman–Crippen LogP) is 5.44. The summed E-state index contributed by atoms with van der Waals surface area (Å²) in [7, 11) is 1.63. The van der Waals surface area contributed by atoms with Crippen molar-refractivity contribution >= 4 is 34.7 Å². The van der Waals surface area contributed by atoms with Crippen molar-refractivity contribution in [3.8, 4) is 22.1 Å². The van der Waals surface area contributed by atoms with E-state index < -0.39 is 0 Å². The number of aryl methyl sites for hydroxylation is 2.